The van der Waals surface area contributed by atoms with Gasteiger partial charge in [-0.25, -0.2) is 0 Å². The molecule has 4 aromatic carbocycles. The summed E-state index contributed by atoms with van der Waals surface area (Å²) in [7, 11) is 0. The minimum Gasteiger partial charge on any atom is -0.458 e. The van der Waals surface area contributed by atoms with Gasteiger partial charge in [-0.15, -0.1) is 0 Å². The molecule has 0 amide bonds. The molecule has 0 radical (unpaired) electrons. The van der Waals surface area contributed by atoms with Crippen LogP contribution in [0.25, 0.3) is 27.5 Å². The van der Waals surface area contributed by atoms with Crippen LogP contribution in [0.1, 0.15) is 52.7 Å². The van der Waals surface area contributed by atoms with Crippen LogP contribution >= 0.6 is 0 Å². The molecule has 0 aliphatic carbocycles. The summed E-state index contributed by atoms with van der Waals surface area (Å²) in [4.78, 5) is 0. The largest absolute Gasteiger partial charge is 0.458 e. The number of ether oxygens (including phenoxy) is 1. The highest BCUT2D eigenvalue weighted by Gasteiger charge is 2.43. The maximum Gasteiger partial charge on any atom is 0.256 e. The Morgan fingerprint density at radius 1 is 0.714 bits per heavy atom. The van der Waals surface area contributed by atoms with Crippen LogP contribution in [0.5, 0.6) is 11.5 Å². The van der Waals surface area contributed by atoms with Crippen molar-refractivity contribution in [1.82, 2.24) is 4.57 Å². The highest BCUT2D eigenvalue weighted by molar-refractivity contribution is 6.99. The van der Waals surface area contributed by atoms with Gasteiger partial charge in [0.05, 0.1) is 11.0 Å². The lowest BCUT2D eigenvalue weighted by molar-refractivity contribution is 0.460. The lowest BCUT2D eigenvalue weighted by Gasteiger charge is -2.36. The average molecular weight is 455 g/mol. The number of hydrogen-bond donors (Lipinski definition) is 0. The molecule has 0 spiro atoms. The summed E-state index contributed by atoms with van der Waals surface area (Å²) >= 11 is 0. The molecule has 172 valence electrons. The van der Waals surface area contributed by atoms with Gasteiger partial charge in [0.2, 0.25) is 0 Å². The Kier molecular flexibility index (Phi) is 3.94. The van der Waals surface area contributed by atoms with E-state index in [1.165, 1.54) is 55.0 Å². The number of para-hydroxylation sites is 2. The minimum absolute atomic E-state index is 0.0480. The van der Waals surface area contributed by atoms with Crippen LogP contribution in [0, 0.1) is 0 Å². The smallest absolute Gasteiger partial charge is 0.256 e. The second kappa shape index (κ2) is 6.60. The fourth-order valence-electron chi connectivity index (χ4n) is 6.18. The first-order valence-electron chi connectivity index (χ1n) is 12.7. The molecule has 0 fully saturated rings. The summed E-state index contributed by atoms with van der Waals surface area (Å²) in [5.74, 6) is 2.02. The Hall–Kier alpha value is -3.46. The highest BCUT2D eigenvalue weighted by Crippen LogP contribution is 2.43. The number of benzene rings is 4. The Morgan fingerprint density at radius 2 is 1.46 bits per heavy atom. The van der Waals surface area contributed by atoms with Crippen molar-refractivity contribution >= 4 is 44.9 Å². The average Bonchev–Trinajstić information content (AvgIpc) is 3.16. The molecule has 2 nitrogen and oxygen atoms in total. The Morgan fingerprint density at radius 3 is 2.23 bits per heavy atom. The maximum absolute atomic E-state index is 6.80. The number of fused-ring (bicyclic) bond motifs is 8. The first-order valence-corrected chi connectivity index (χ1v) is 12.7. The molecule has 5 aromatic rings. The molecule has 0 bridgehead atoms. The van der Waals surface area contributed by atoms with Crippen LogP contribution in [-0.2, 0) is 10.8 Å². The Balaban J connectivity index is 1.73. The maximum atomic E-state index is 6.80. The van der Waals surface area contributed by atoms with Gasteiger partial charge in [0.15, 0.2) is 0 Å². The molecule has 35 heavy (non-hydrogen) atoms. The fourth-order valence-corrected chi connectivity index (χ4v) is 6.18. The van der Waals surface area contributed by atoms with E-state index in [-0.39, 0.29) is 17.5 Å². The van der Waals surface area contributed by atoms with E-state index in [1.807, 2.05) is 0 Å². The van der Waals surface area contributed by atoms with Crippen molar-refractivity contribution in [3.63, 3.8) is 0 Å². The summed E-state index contributed by atoms with van der Waals surface area (Å²) < 4.78 is 9.29. The molecule has 0 N–H and O–H groups in total. The quantitative estimate of drug-likeness (QED) is 0.244. The predicted octanol–water partition coefficient (Wildman–Crippen LogP) is 6.31. The van der Waals surface area contributed by atoms with E-state index in [0.717, 1.165) is 11.5 Å². The topological polar surface area (TPSA) is 14.2 Å². The third-order valence-corrected chi connectivity index (χ3v) is 7.93. The van der Waals surface area contributed by atoms with Crippen LogP contribution in [0.15, 0.2) is 72.8 Å². The molecule has 3 heterocycles. The molecule has 7 rings (SSSR count). The first kappa shape index (κ1) is 20.9. The van der Waals surface area contributed by atoms with E-state index in [0.29, 0.717) is 0 Å². The van der Waals surface area contributed by atoms with Gasteiger partial charge in [0.1, 0.15) is 11.5 Å². The Bertz CT molecular complexity index is 1690. The standard InChI is InChI=1S/C32H30BNO/c1-31(2,3)19-15-16-26-24(17-19)33-23-12-8-10-14-27(23)35-30-22(32(4,5)6)18-21-20-11-7-9-13-25(20)34(26)29(21)28(30)33/h7-18H,1-6H3. The Labute approximate surface area is 207 Å². The number of nitrogens with zero attached hydrogens (tertiary/aromatic N) is 1. The third kappa shape index (κ3) is 2.73. The first-order chi connectivity index (χ1) is 16.6. The van der Waals surface area contributed by atoms with E-state index in [9.17, 15) is 0 Å². The second-order valence-electron chi connectivity index (χ2n) is 12.3. The molecular weight excluding hydrogens is 425 g/mol. The molecule has 2 aliphatic heterocycles. The van der Waals surface area contributed by atoms with Crippen LogP contribution in [0.2, 0.25) is 0 Å². The zero-order chi connectivity index (χ0) is 24.3. The predicted molar refractivity (Wildman–Crippen MR) is 149 cm³/mol. The van der Waals surface area contributed by atoms with E-state index in [2.05, 4.69) is 119 Å². The molecule has 0 atom stereocenters. The van der Waals surface area contributed by atoms with Crippen molar-refractivity contribution in [3.05, 3.63) is 83.9 Å². The molecule has 2 aliphatic rings. The van der Waals surface area contributed by atoms with E-state index in [4.69, 9.17) is 4.74 Å². The monoisotopic (exact) mass is 455 g/mol. The van der Waals surface area contributed by atoms with Gasteiger partial charge in [-0.1, -0.05) is 90.1 Å². The van der Waals surface area contributed by atoms with E-state index >= 15 is 0 Å². The van der Waals surface area contributed by atoms with Crippen LogP contribution in [0.4, 0.5) is 0 Å². The highest BCUT2D eigenvalue weighted by atomic mass is 16.5. The van der Waals surface area contributed by atoms with Crippen molar-refractivity contribution < 1.29 is 4.74 Å². The molecule has 0 saturated carbocycles. The van der Waals surface area contributed by atoms with Crippen molar-refractivity contribution in [1.29, 1.82) is 0 Å². The summed E-state index contributed by atoms with van der Waals surface area (Å²) in [6, 6.07) is 27.0. The molecule has 0 saturated heterocycles. The van der Waals surface area contributed by atoms with Crippen molar-refractivity contribution in [3.8, 4) is 17.2 Å². The van der Waals surface area contributed by atoms with Gasteiger partial charge < -0.3 is 9.30 Å². The van der Waals surface area contributed by atoms with Gasteiger partial charge in [-0.05, 0) is 57.0 Å². The summed E-state index contributed by atoms with van der Waals surface area (Å²) in [5, 5.41) is 2.63. The van der Waals surface area contributed by atoms with Crippen molar-refractivity contribution in [2.75, 3.05) is 0 Å². The van der Waals surface area contributed by atoms with Crippen molar-refractivity contribution in [2.45, 2.75) is 52.4 Å². The minimum atomic E-state index is -0.0480. The number of hydrogen-bond acceptors (Lipinski definition) is 1. The molecule has 1 aromatic heterocycles. The van der Waals surface area contributed by atoms with Gasteiger partial charge in [-0.2, -0.15) is 0 Å². The lowest BCUT2D eigenvalue weighted by Crippen LogP contribution is -2.59. The van der Waals surface area contributed by atoms with Crippen LogP contribution in [-0.4, -0.2) is 11.3 Å². The van der Waals surface area contributed by atoms with Gasteiger partial charge in [-0.3, -0.25) is 0 Å². The SMILES string of the molecule is CC(C)(C)c1ccc2c(c1)B1c3ccccc3Oc3c(C(C)(C)C)cc4c5ccccc5n-2c4c31. The van der Waals surface area contributed by atoms with E-state index < -0.39 is 0 Å². The molecular formula is C32H30BNO. The van der Waals surface area contributed by atoms with Gasteiger partial charge >= 0.3 is 0 Å². The lowest BCUT2D eigenvalue weighted by atomic mass is 9.34. The second-order valence-corrected chi connectivity index (χ2v) is 12.3. The fraction of sp³-hybridized carbons (Fsp3) is 0.250. The van der Waals surface area contributed by atoms with Crippen LogP contribution < -0.4 is 21.1 Å². The number of rotatable bonds is 0. The molecule has 3 heteroatoms. The third-order valence-electron chi connectivity index (χ3n) is 7.93. The zero-order valence-corrected chi connectivity index (χ0v) is 21.4. The van der Waals surface area contributed by atoms with Gasteiger partial charge in [0, 0.05) is 22.0 Å². The molecule has 0 unspecified atom stereocenters. The summed E-state index contributed by atoms with van der Waals surface area (Å²) in [6.45, 7) is 13.9. The van der Waals surface area contributed by atoms with Crippen molar-refractivity contribution in [2.24, 2.45) is 0 Å². The summed E-state index contributed by atoms with van der Waals surface area (Å²) in [6.07, 6.45) is 0. The number of aromatic nitrogens is 1. The zero-order valence-electron chi connectivity index (χ0n) is 21.4. The van der Waals surface area contributed by atoms with Gasteiger partial charge in [0.25, 0.3) is 6.71 Å². The van der Waals surface area contributed by atoms with Crippen LogP contribution in [0.3, 0.4) is 0 Å². The van der Waals surface area contributed by atoms with E-state index in [1.54, 1.807) is 0 Å². The normalized spacial score (nSPS) is 14.2. The summed E-state index contributed by atoms with van der Waals surface area (Å²) in [5.41, 5.74) is 10.5.